The fourth-order valence-corrected chi connectivity index (χ4v) is 9.14. The van der Waals surface area contributed by atoms with Gasteiger partial charge in [0, 0.05) is 15.9 Å². The summed E-state index contributed by atoms with van der Waals surface area (Å²) in [6, 6.07) is 56.8. The average Bonchev–Trinajstić information content (AvgIpc) is 3.08. The maximum Gasteiger partial charge on any atom is 0.171 e. The predicted molar refractivity (Wildman–Crippen MR) is 181 cm³/mol. The largest absolute Gasteiger partial charge is 0.309 e. The Morgan fingerprint density at radius 2 is 0.786 bits per heavy atom. The lowest BCUT2D eigenvalue weighted by Gasteiger charge is -2.20. The first kappa shape index (κ1) is 24.8. The van der Waals surface area contributed by atoms with Crippen LogP contribution >= 0.6 is 7.14 Å². The molecule has 0 unspecified atom stereocenters. The maximum atomic E-state index is 14.9. The summed E-state index contributed by atoms with van der Waals surface area (Å²) in [4.78, 5) is 0. The summed E-state index contributed by atoms with van der Waals surface area (Å²) in [7, 11) is -3.03. The van der Waals surface area contributed by atoms with Crippen molar-refractivity contribution >= 4 is 66.1 Å². The minimum absolute atomic E-state index is 0.839. The number of rotatable bonds is 4. The van der Waals surface area contributed by atoms with E-state index < -0.39 is 7.14 Å². The first-order valence-electron chi connectivity index (χ1n) is 14.3. The third kappa shape index (κ3) is 3.82. The Labute approximate surface area is 245 Å². The average molecular weight is 555 g/mol. The highest BCUT2D eigenvalue weighted by molar-refractivity contribution is 7.85. The Kier molecular flexibility index (Phi) is 5.81. The van der Waals surface area contributed by atoms with E-state index in [1.807, 2.05) is 60.7 Å². The van der Waals surface area contributed by atoms with Gasteiger partial charge in [0.25, 0.3) is 0 Å². The van der Waals surface area contributed by atoms with E-state index in [-0.39, 0.29) is 0 Å². The van der Waals surface area contributed by atoms with E-state index in [2.05, 4.69) is 103 Å². The van der Waals surface area contributed by atoms with Crippen LogP contribution in [0.3, 0.4) is 0 Å². The van der Waals surface area contributed by atoms with Crippen molar-refractivity contribution in [1.82, 2.24) is 0 Å². The van der Waals surface area contributed by atoms with Crippen molar-refractivity contribution in [3.8, 4) is 11.1 Å². The van der Waals surface area contributed by atoms with Crippen LogP contribution in [0, 0.1) is 0 Å². The van der Waals surface area contributed by atoms with Gasteiger partial charge in [-0.2, -0.15) is 0 Å². The van der Waals surface area contributed by atoms with Gasteiger partial charge in [-0.25, -0.2) is 0 Å². The second-order valence-electron chi connectivity index (χ2n) is 10.8. The summed E-state index contributed by atoms with van der Waals surface area (Å²) >= 11 is 0. The minimum atomic E-state index is -3.03. The van der Waals surface area contributed by atoms with Crippen LogP contribution in [0.4, 0.5) is 0 Å². The fourth-order valence-electron chi connectivity index (χ4n) is 6.49. The van der Waals surface area contributed by atoms with Crippen molar-refractivity contribution in [3.05, 3.63) is 164 Å². The molecule has 0 fully saturated rings. The van der Waals surface area contributed by atoms with Gasteiger partial charge >= 0.3 is 0 Å². The lowest BCUT2D eigenvalue weighted by Crippen LogP contribution is -2.24. The predicted octanol–water partition coefficient (Wildman–Crippen LogP) is 9.61. The van der Waals surface area contributed by atoms with Gasteiger partial charge < -0.3 is 4.57 Å². The van der Waals surface area contributed by atoms with E-state index in [4.69, 9.17) is 0 Å². The SMILES string of the molecule is O=P(c1ccccc1)(c1ccccc1)c1ccc(-c2cc3c(ccc4c5ccccc5ccc43)c3ccccc23)cc1. The Morgan fingerprint density at radius 1 is 0.333 bits per heavy atom. The lowest BCUT2D eigenvalue weighted by atomic mass is 9.90. The first-order chi connectivity index (χ1) is 20.7. The molecule has 0 saturated heterocycles. The monoisotopic (exact) mass is 554 g/mol. The van der Waals surface area contributed by atoms with Gasteiger partial charge in [-0.3, -0.25) is 0 Å². The van der Waals surface area contributed by atoms with Gasteiger partial charge in [-0.05, 0) is 60.3 Å². The van der Waals surface area contributed by atoms with Crippen molar-refractivity contribution in [3.63, 3.8) is 0 Å². The van der Waals surface area contributed by atoms with Crippen LogP contribution in [-0.4, -0.2) is 0 Å². The van der Waals surface area contributed by atoms with E-state index >= 15 is 0 Å². The molecule has 8 aromatic carbocycles. The van der Waals surface area contributed by atoms with Crippen LogP contribution in [0.2, 0.25) is 0 Å². The number of fused-ring (bicyclic) bond motifs is 7. The molecule has 0 N–H and O–H groups in total. The van der Waals surface area contributed by atoms with Gasteiger partial charge in [-0.15, -0.1) is 0 Å². The van der Waals surface area contributed by atoms with Crippen LogP contribution in [0.5, 0.6) is 0 Å². The quantitative estimate of drug-likeness (QED) is 0.156. The highest BCUT2D eigenvalue weighted by Gasteiger charge is 2.29. The van der Waals surface area contributed by atoms with Crippen molar-refractivity contribution in [2.75, 3.05) is 0 Å². The van der Waals surface area contributed by atoms with Gasteiger partial charge in [0.15, 0.2) is 7.14 Å². The molecule has 0 aliphatic rings. The molecule has 0 aromatic heterocycles. The lowest BCUT2D eigenvalue weighted by molar-refractivity contribution is 0.592. The van der Waals surface area contributed by atoms with Gasteiger partial charge in [0.1, 0.15) is 0 Å². The molecule has 42 heavy (non-hydrogen) atoms. The highest BCUT2D eigenvalue weighted by Crippen LogP contribution is 2.44. The molecule has 0 aliphatic carbocycles. The van der Waals surface area contributed by atoms with Gasteiger partial charge in [0.05, 0.1) is 0 Å². The minimum Gasteiger partial charge on any atom is -0.309 e. The molecule has 0 bridgehead atoms. The summed E-state index contributed by atoms with van der Waals surface area (Å²) in [5.41, 5.74) is 2.29. The van der Waals surface area contributed by atoms with Crippen molar-refractivity contribution in [2.24, 2.45) is 0 Å². The summed E-state index contributed by atoms with van der Waals surface area (Å²) in [5.74, 6) is 0. The molecule has 0 amide bonds. The van der Waals surface area contributed by atoms with Crippen LogP contribution in [0.25, 0.3) is 54.2 Å². The molecule has 8 rings (SSSR count). The summed E-state index contributed by atoms with van der Waals surface area (Å²) < 4.78 is 14.9. The second kappa shape index (κ2) is 9.84. The summed E-state index contributed by atoms with van der Waals surface area (Å²) in [5, 5.41) is 12.5. The van der Waals surface area contributed by atoms with Crippen molar-refractivity contribution < 1.29 is 4.57 Å². The van der Waals surface area contributed by atoms with Crippen LogP contribution < -0.4 is 15.9 Å². The topological polar surface area (TPSA) is 17.1 Å². The zero-order valence-corrected chi connectivity index (χ0v) is 23.8. The molecule has 0 aliphatic heterocycles. The summed E-state index contributed by atoms with van der Waals surface area (Å²) in [6.07, 6.45) is 0. The zero-order valence-electron chi connectivity index (χ0n) is 22.9. The second-order valence-corrected chi connectivity index (χ2v) is 13.6. The molecule has 8 aromatic rings. The molecule has 0 spiro atoms. The molecule has 2 heteroatoms. The van der Waals surface area contributed by atoms with Crippen LogP contribution in [0.15, 0.2) is 164 Å². The highest BCUT2D eigenvalue weighted by atomic mass is 31.2. The van der Waals surface area contributed by atoms with Gasteiger partial charge in [0.2, 0.25) is 0 Å². The van der Waals surface area contributed by atoms with Crippen LogP contribution in [-0.2, 0) is 4.57 Å². The Morgan fingerprint density at radius 3 is 1.43 bits per heavy atom. The molecule has 0 saturated carbocycles. The number of benzene rings is 8. The fraction of sp³-hybridized carbons (Fsp3) is 0. The third-order valence-electron chi connectivity index (χ3n) is 8.55. The van der Waals surface area contributed by atoms with E-state index in [0.717, 1.165) is 21.5 Å². The molecule has 0 radical (unpaired) electrons. The van der Waals surface area contributed by atoms with Crippen molar-refractivity contribution in [2.45, 2.75) is 0 Å². The zero-order chi connectivity index (χ0) is 28.1. The van der Waals surface area contributed by atoms with E-state index in [0.29, 0.717) is 0 Å². The van der Waals surface area contributed by atoms with Crippen molar-refractivity contribution in [1.29, 1.82) is 0 Å². The van der Waals surface area contributed by atoms with Gasteiger partial charge in [-0.1, -0.05) is 158 Å². The first-order valence-corrected chi connectivity index (χ1v) is 16.0. The maximum absolute atomic E-state index is 14.9. The molecule has 0 atom stereocenters. The molecular weight excluding hydrogens is 527 g/mol. The Hall–Kier alpha value is -4.97. The molecular formula is C40H27OP. The third-order valence-corrected chi connectivity index (χ3v) is 11.6. The number of hydrogen-bond donors (Lipinski definition) is 0. The molecule has 198 valence electrons. The molecule has 1 nitrogen and oxygen atoms in total. The normalized spacial score (nSPS) is 11.9. The van der Waals surface area contributed by atoms with E-state index in [1.54, 1.807) is 0 Å². The Balaban J connectivity index is 1.35. The van der Waals surface area contributed by atoms with E-state index in [1.165, 1.54) is 48.7 Å². The summed E-state index contributed by atoms with van der Waals surface area (Å²) in [6.45, 7) is 0. The van der Waals surface area contributed by atoms with E-state index in [9.17, 15) is 4.57 Å². The van der Waals surface area contributed by atoms with Crippen LogP contribution in [0.1, 0.15) is 0 Å². The standard InChI is InChI=1S/C40H27OP/c41-42(30-12-3-1-4-13-30,31-14-5-2-6-15-31)32-22-19-29(20-23-32)39-27-40-37-24-21-28-11-7-8-16-33(28)36(37)25-26-38(40)34-17-9-10-18-35(34)39/h1-27H. The Bertz CT molecular complexity index is 2260. The molecule has 0 heterocycles. The smallest absolute Gasteiger partial charge is 0.171 e. The number of hydrogen-bond acceptors (Lipinski definition) is 1.